The summed E-state index contributed by atoms with van der Waals surface area (Å²) in [7, 11) is 0. The molecule has 0 aliphatic carbocycles. The van der Waals surface area contributed by atoms with Gasteiger partial charge in [0.2, 0.25) is 0 Å². The number of hydrogen-bond donors (Lipinski definition) is 1. The Labute approximate surface area is 112 Å². The highest BCUT2D eigenvalue weighted by molar-refractivity contribution is 5.83. The maximum Gasteiger partial charge on any atom is 0.254 e. The molecule has 0 aliphatic heterocycles. The van der Waals surface area contributed by atoms with Crippen molar-refractivity contribution in [2.75, 3.05) is 6.61 Å². The first-order chi connectivity index (χ1) is 9.11. The number of carbonyl (C=O) groups excluding carboxylic acids is 1. The number of rotatable bonds is 6. The molecule has 0 aliphatic rings. The molecule has 0 saturated heterocycles. The molecular formula is C14H17N3O2. The van der Waals surface area contributed by atoms with Gasteiger partial charge >= 0.3 is 0 Å². The fraction of sp³-hybridized carbons (Fsp3) is 0.357. The Hall–Kier alpha value is -2.35. The van der Waals surface area contributed by atoms with Gasteiger partial charge < -0.3 is 4.74 Å². The smallest absolute Gasteiger partial charge is 0.254 e. The predicted molar refractivity (Wildman–Crippen MR) is 72.7 cm³/mol. The van der Waals surface area contributed by atoms with Crippen molar-refractivity contribution < 1.29 is 9.53 Å². The third-order valence-electron chi connectivity index (χ3n) is 2.11. The molecule has 0 saturated carbocycles. The van der Waals surface area contributed by atoms with E-state index in [1.807, 2.05) is 24.3 Å². The van der Waals surface area contributed by atoms with Crippen molar-refractivity contribution in [3.05, 3.63) is 29.8 Å². The summed E-state index contributed by atoms with van der Waals surface area (Å²) in [5.74, 6) is 0.867. The third-order valence-corrected chi connectivity index (χ3v) is 2.11. The second-order valence-electron chi connectivity index (χ2n) is 4.40. The molecule has 19 heavy (non-hydrogen) atoms. The lowest BCUT2D eigenvalue weighted by molar-refractivity contribution is -0.120. The van der Waals surface area contributed by atoms with Crippen molar-refractivity contribution in [2.45, 2.75) is 20.3 Å². The summed E-state index contributed by atoms with van der Waals surface area (Å²) >= 11 is 0. The molecule has 0 unspecified atom stereocenters. The van der Waals surface area contributed by atoms with Crippen LogP contribution in [0, 0.1) is 17.2 Å². The number of benzene rings is 1. The largest absolute Gasteiger partial charge is 0.493 e. The number of carbonyl (C=O) groups is 1. The minimum Gasteiger partial charge on any atom is -0.493 e. The SMILES string of the molecule is CC(C)COc1ccc(/C=N\NC(=O)CC#N)cc1. The van der Waals surface area contributed by atoms with E-state index in [-0.39, 0.29) is 6.42 Å². The van der Waals surface area contributed by atoms with E-state index in [1.54, 1.807) is 6.07 Å². The number of nitriles is 1. The van der Waals surface area contributed by atoms with Crippen LogP contribution in [0.5, 0.6) is 5.75 Å². The summed E-state index contributed by atoms with van der Waals surface area (Å²) in [6.07, 6.45) is 1.32. The highest BCUT2D eigenvalue weighted by Crippen LogP contribution is 2.12. The Morgan fingerprint density at radius 3 is 2.74 bits per heavy atom. The third kappa shape index (κ3) is 6.22. The van der Waals surface area contributed by atoms with Gasteiger partial charge in [-0.3, -0.25) is 4.79 Å². The van der Waals surface area contributed by atoms with Crippen molar-refractivity contribution >= 4 is 12.1 Å². The van der Waals surface area contributed by atoms with Crippen LogP contribution < -0.4 is 10.2 Å². The molecule has 5 nitrogen and oxygen atoms in total. The van der Waals surface area contributed by atoms with Crippen LogP contribution in [0.25, 0.3) is 0 Å². The maximum atomic E-state index is 11.0. The van der Waals surface area contributed by atoms with Gasteiger partial charge in [-0.05, 0) is 35.7 Å². The van der Waals surface area contributed by atoms with E-state index in [2.05, 4.69) is 24.4 Å². The van der Waals surface area contributed by atoms with Gasteiger partial charge in [0.15, 0.2) is 0 Å². The standard InChI is InChI=1S/C14H17N3O2/c1-11(2)10-19-13-5-3-12(4-6-13)9-16-17-14(18)7-8-15/h3-6,9,11H,7,10H2,1-2H3,(H,17,18)/b16-9-. The second-order valence-corrected chi connectivity index (χ2v) is 4.40. The number of hydrazone groups is 1. The van der Waals surface area contributed by atoms with Gasteiger partial charge in [0.05, 0.1) is 18.9 Å². The van der Waals surface area contributed by atoms with E-state index < -0.39 is 5.91 Å². The first-order valence-corrected chi connectivity index (χ1v) is 6.03. The van der Waals surface area contributed by atoms with Crippen LogP contribution in [-0.2, 0) is 4.79 Å². The van der Waals surface area contributed by atoms with Crippen LogP contribution >= 0.6 is 0 Å². The van der Waals surface area contributed by atoms with Gasteiger partial charge in [-0.2, -0.15) is 10.4 Å². The highest BCUT2D eigenvalue weighted by Gasteiger charge is 1.98. The zero-order valence-corrected chi connectivity index (χ0v) is 11.1. The summed E-state index contributed by atoms with van der Waals surface area (Å²) < 4.78 is 5.55. The number of ether oxygens (including phenoxy) is 1. The van der Waals surface area contributed by atoms with E-state index >= 15 is 0 Å². The molecule has 0 fully saturated rings. The summed E-state index contributed by atoms with van der Waals surface area (Å²) in [5.41, 5.74) is 3.11. The molecule has 0 atom stereocenters. The van der Waals surface area contributed by atoms with Crippen LogP contribution in [0.3, 0.4) is 0 Å². The summed E-state index contributed by atoms with van der Waals surface area (Å²) in [5, 5.41) is 12.0. The normalized spacial score (nSPS) is 10.4. The van der Waals surface area contributed by atoms with Crippen molar-refractivity contribution in [3.63, 3.8) is 0 Å². The summed E-state index contributed by atoms with van der Waals surface area (Å²) in [6.45, 7) is 4.85. The number of nitrogens with zero attached hydrogens (tertiary/aromatic N) is 2. The molecule has 0 spiro atoms. The number of hydrogen-bond acceptors (Lipinski definition) is 4. The molecule has 0 heterocycles. The molecule has 1 aromatic carbocycles. The summed E-state index contributed by atoms with van der Waals surface area (Å²) in [6, 6.07) is 9.13. The predicted octanol–water partition coefficient (Wildman–Crippen LogP) is 2.09. The van der Waals surface area contributed by atoms with Crippen LogP contribution in [0.15, 0.2) is 29.4 Å². The lowest BCUT2D eigenvalue weighted by Crippen LogP contribution is -2.16. The average Bonchev–Trinajstić information content (AvgIpc) is 2.38. The number of nitrogens with one attached hydrogen (secondary N) is 1. The van der Waals surface area contributed by atoms with Crippen molar-refractivity contribution in [3.8, 4) is 11.8 Å². The second kappa shape index (κ2) is 7.88. The molecule has 1 N–H and O–H groups in total. The Morgan fingerprint density at radius 2 is 2.16 bits per heavy atom. The van der Waals surface area contributed by atoms with Crippen molar-refractivity contribution in [1.82, 2.24) is 5.43 Å². The highest BCUT2D eigenvalue weighted by atomic mass is 16.5. The lowest BCUT2D eigenvalue weighted by Gasteiger charge is -2.08. The quantitative estimate of drug-likeness (QED) is 0.628. The van der Waals surface area contributed by atoms with Gasteiger partial charge in [-0.25, -0.2) is 5.43 Å². The van der Waals surface area contributed by atoms with E-state index in [0.717, 1.165) is 11.3 Å². The minimum absolute atomic E-state index is 0.195. The van der Waals surface area contributed by atoms with Crippen LogP contribution in [-0.4, -0.2) is 18.7 Å². The van der Waals surface area contributed by atoms with Gasteiger partial charge in [0.25, 0.3) is 5.91 Å². The Morgan fingerprint density at radius 1 is 1.47 bits per heavy atom. The molecule has 100 valence electrons. The monoisotopic (exact) mass is 259 g/mol. The minimum atomic E-state index is -0.421. The molecule has 1 rings (SSSR count). The molecule has 1 amide bonds. The van der Waals surface area contributed by atoms with E-state index in [9.17, 15) is 4.79 Å². The van der Waals surface area contributed by atoms with E-state index in [4.69, 9.17) is 10.00 Å². The van der Waals surface area contributed by atoms with Gasteiger partial charge in [-0.1, -0.05) is 13.8 Å². The van der Waals surface area contributed by atoms with E-state index in [1.165, 1.54) is 6.21 Å². The first-order valence-electron chi connectivity index (χ1n) is 6.03. The lowest BCUT2D eigenvalue weighted by atomic mass is 10.2. The average molecular weight is 259 g/mol. The molecule has 0 radical (unpaired) electrons. The topological polar surface area (TPSA) is 74.5 Å². The van der Waals surface area contributed by atoms with Gasteiger partial charge in [0.1, 0.15) is 12.2 Å². The fourth-order valence-corrected chi connectivity index (χ4v) is 1.20. The molecule has 0 bridgehead atoms. The van der Waals surface area contributed by atoms with Gasteiger partial charge in [0, 0.05) is 0 Å². The van der Waals surface area contributed by atoms with Crippen molar-refractivity contribution in [2.24, 2.45) is 11.0 Å². The summed E-state index contributed by atoms with van der Waals surface area (Å²) in [4.78, 5) is 11.0. The molecular weight excluding hydrogens is 242 g/mol. The Kier molecular flexibility index (Phi) is 6.10. The van der Waals surface area contributed by atoms with E-state index in [0.29, 0.717) is 12.5 Å². The van der Waals surface area contributed by atoms with Crippen molar-refractivity contribution in [1.29, 1.82) is 5.26 Å². The van der Waals surface area contributed by atoms with Crippen LogP contribution in [0.4, 0.5) is 0 Å². The molecule has 5 heteroatoms. The number of amides is 1. The maximum absolute atomic E-state index is 11.0. The molecule has 0 aromatic heterocycles. The zero-order chi connectivity index (χ0) is 14.1. The molecule has 1 aromatic rings. The van der Waals surface area contributed by atoms with Crippen LogP contribution in [0.2, 0.25) is 0 Å². The Bertz CT molecular complexity index is 472. The van der Waals surface area contributed by atoms with Gasteiger partial charge in [-0.15, -0.1) is 0 Å². The first kappa shape index (κ1) is 14.7. The fourth-order valence-electron chi connectivity index (χ4n) is 1.20. The zero-order valence-electron chi connectivity index (χ0n) is 11.1. The van der Waals surface area contributed by atoms with Crippen LogP contribution in [0.1, 0.15) is 25.8 Å². The Balaban J connectivity index is 2.46.